The summed E-state index contributed by atoms with van der Waals surface area (Å²) in [5.41, 5.74) is 0. The second-order valence-electron chi connectivity index (χ2n) is 10.3. The van der Waals surface area contributed by atoms with Gasteiger partial charge in [0, 0.05) is 12.8 Å². The van der Waals surface area contributed by atoms with Gasteiger partial charge in [-0.15, -0.1) is 0 Å². The van der Waals surface area contributed by atoms with Crippen LogP contribution >= 0.6 is 34.0 Å². The molecule has 0 N–H and O–H groups in total. The lowest BCUT2D eigenvalue weighted by atomic mass is 10.1. The quantitative estimate of drug-likeness (QED) is 0.0961. The lowest BCUT2D eigenvalue weighted by Crippen LogP contribution is -2.11. The molecule has 5 aromatic rings. The Morgan fingerprint density at radius 3 is 1.28 bits per heavy atom. The second kappa shape index (κ2) is 14.0. The third-order valence-electron chi connectivity index (χ3n) is 6.91. The predicted octanol–water partition coefficient (Wildman–Crippen LogP) is 10.7. The molecule has 0 aliphatic heterocycles. The number of allylic oxidation sites excluding steroid dienone is 4. The first-order valence-electron chi connectivity index (χ1n) is 14.4. The van der Waals surface area contributed by atoms with Crippen molar-refractivity contribution in [3.05, 3.63) is 122 Å². The Morgan fingerprint density at radius 2 is 0.935 bits per heavy atom. The number of carbonyl (C=O) groups excluding carboxylic acids is 3. The SMILES string of the molecule is CC(=O)c1ccc(OC2=CC=C([S+](c3ccc(Oc4ccc(C(C)=O)s4)cc3)c3ccc(Oc4ccc(C(C)=O)s4)cc3)CC2)s1. The Kier molecular flexibility index (Phi) is 9.70. The molecule has 1 aliphatic rings. The Labute approximate surface area is 281 Å². The van der Waals surface area contributed by atoms with Crippen LogP contribution in [-0.4, -0.2) is 17.3 Å². The smallest absolute Gasteiger partial charge is 0.181 e. The van der Waals surface area contributed by atoms with E-state index in [0.29, 0.717) is 41.3 Å². The maximum Gasteiger partial charge on any atom is 0.181 e. The number of rotatable bonds is 12. The molecule has 1 aliphatic carbocycles. The highest BCUT2D eigenvalue weighted by Crippen LogP contribution is 2.39. The number of ketones is 3. The molecule has 3 heterocycles. The van der Waals surface area contributed by atoms with Crippen LogP contribution in [0.25, 0.3) is 0 Å². The molecule has 0 bridgehead atoms. The van der Waals surface area contributed by atoms with Crippen LogP contribution < -0.4 is 14.2 Å². The third-order valence-corrected chi connectivity index (χ3v) is 12.5. The number of benzene rings is 2. The van der Waals surface area contributed by atoms with Gasteiger partial charge in [0.15, 0.2) is 42.3 Å². The number of hydrogen-bond acceptors (Lipinski definition) is 9. The summed E-state index contributed by atoms with van der Waals surface area (Å²) >= 11 is 4.02. The number of hydrogen-bond donors (Lipinski definition) is 0. The zero-order chi connectivity index (χ0) is 32.2. The van der Waals surface area contributed by atoms with E-state index in [-0.39, 0.29) is 17.3 Å². The normalized spacial score (nSPS) is 12.8. The highest BCUT2D eigenvalue weighted by molar-refractivity contribution is 8.00. The third kappa shape index (κ3) is 7.59. The van der Waals surface area contributed by atoms with Gasteiger partial charge in [0.1, 0.15) is 22.2 Å². The topological polar surface area (TPSA) is 78.9 Å². The maximum absolute atomic E-state index is 11.7. The van der Waals surface area contributed by atoms with Crippen molar-refractivity contribution in [3.8, 4) is 26.7 Å². The molecule has 0 saturated carbocycles. The molecule has 0 radical (unpaired) electrons. The van der Waals surface area contributed by atoms with Crippen LogP contribution in [0.1, 0.15) is 62.6 Å². The van der Waals surface area contributed by atoms with Gasteiger partial charge in [-0.25, -0.2) is 0 Å². The van der Waals surface area contributed by atoms with E-state index in [1.54, 1.807) is 39.0 Å². The van der Waals surface area contributed by atoms with Crippen molar-refractivity contribution >= 4 is 62.3 Å². The van der Waals surface area contributed by atoms with Crippen molar-refractivity contribution in [1.29, 1.82) is 0 Å². The van der Waals surface area contributed by atoms with Crippen molar-refractivity contribution in [1.82, 2.24) is 0 Å². The zero-order valence-electron chi connectivity index (χ0n) is 25.2. The molecule has 2 aromatic carbocycles. The fourth-order valence-corrected chi connectivity index (χ4v) is 9.16. The van der Waals surface area contributed by atoms with Gasteiger partial charge in [-0.3, -0.25) is 14.4 Å². The fourth-order valence-electron chi connectivity index (χ4n) is 4.63. The first-order valence-corrected chi connectivity index (χ1v) is 18.1. The number of Topliss-reactive ketones (excluding diaryl/α,β-unsaturated/α-hetero) is 3. The van der Waals surface area contributed by atoms with Crippen LogP contribution in [-0.2, 0) is 10.9 Å². The van der Waals surface area contributed by atoms with Gasteiger partial charge in [0.25, 0.3) is 0 Å². The average molecular weight is 686 g/mol. The maximum atomic E-state index is 11.7. The van der Waals surface area contributed by atoms with Gasteiger partial charge >= 0.3 is 0 Å². The van der Waals surface area contributed by atoms with Crippen LogP contribution in [0, 0.1) is 0 Å². The van der Waals surface area contributed by atoms with Crippen LogP contribution in [0.4, 0.5) is 0 Å². The van der Waals surface area contributed by atoms with E-state index in [1.165, 1.54) is 38.9 Å². The molecule has 0 spiro atoms. The standard InChI is InChI=1S/C36H29O6S4/c1-22(37)31-16-19-34(43-31)40-25-4-10-28(11-5-25)46(29-12-6-26(7-13-29)41-35-20-17-32(44-35)23(2)38)30-14-8-27(9-15-30)42-36-21-18-33(45-36)24(3)39/h4-8,10-14,16-21H,9,15H2,1-3H3/q+1. The zero-order valence-corrected chi connectivity index (χ0v) is 28.5. The minimum atomic E-state index is -0.391. The van der Waals surface area contributed by atoms with E-state index >= 15 is 0 Å². The van der Waals surface area contributed by atoms with E-state index < -0.39 is 10.9 Å². The Balaban J connectivity index is 1.25. The van der Waals surface area contributed by atoms with E-state index in [2.05, 4.69) is 30.3 Å². The van der Waals surface area contributed by atoms with E-state index in [9.17, 15) is 14.4 Å². The van der Waals surface area contributed by atoms with Crippen molar-refractivity contribution in [2.24, 2.45) is 0 Å². The van der Waals surface area contributed by atoms with E-state index in [4.69, 9.17) is 14.2 Å². The van der Waals surface area contributed by atoms with Crippen molar-refractivity contribution in [2.45, 2.75) is 43.4 Å². The number of carbonyl (C=O) groups is 3. The predicted molar refractivity (Wildman–Crippen MR) is 186 cm³/mol. The number of thiophene rings is 3. The monoisotopic (exact) mass is 685 g/mol. The Morgan fingerprint density at radius 1 is 0.522 bits per heavy atom. The van der Waals surface area contributed by atoms with Crippen molar-refractivity contribution in [2.75, 3.05) is 0 Å². The van der Waals surface area contributed by atoms with E-state index in [0.717, 1.165) is 28.4 Å². The van der Waals surface area contributed by atoms with Gasteiger partial charge in [0.2, 0.25) is 0 Å². The summed E-state index contributed by atoms with van der Waals surface area (Å²) < 4.78 is 18.2. The molecule has 0 unspecified atom stereocenters. The molecule has 3 aromatic heterocycles. The fraction of sp³-hybridized carbons (Fsp3) is 0.139. The Bertz CT molecular complexity index is 1860. The highest BCUT2D eigenvalue weighted by atomic mass is 32.2. The first kappa shape index (κ1) is 31.7. The molecular weight excluding hydrogens is 657 g/mol. The molecule has 0 atom stereocenters. The summed E-state index contributed by atoms with van der Waals surface area (Å²) in [7, 11) is -0.391. The summed E-state index contributed by atoms with van der Waals surface area (Å²) in [5, 5.41) is 2.05. The summed E-state index contributed by atoms with van der Waals surface area (Å²) in [4.78, 5) is 40.6. The second-order valence-corrected chi connectivity index (χ2v) is 15.6. The van der Waals surface area contributed by atoms with Crippen molar-refractivity contribution in [3.63, 3.8) is 0 Å². The van der Waals surface area contributed by atoms with Gasteiger partial charge in [0.05, 0.1) is 25.5 Å². The lowest BCUT2D eigenvalue weighted by molar-refractivity contribution is 0.101. The van der Waals surface area contributed by atoms with Gasteiger partial charge in [-0.1, -0.05) is 34.0 Å². The molecule has 0 fully saturated rings. The highest BCUT2D eigenvalue weighted by Gasteiger charge is 2.32. The molecule has 6 nitrogen and oxygen atoms in total. The molecule has 0 saturated heterocycles. The number of ether oxygens (including phenoxy) is 3. The van der Waals surface area contributed by atoms with Gasteiger partial charge in [-0.05, 0) is 118 Å². The van der Waals surface area contributed by atoms with E-state index in [1.807, 2.05) is 48.5 Å². The van der Waals surface area contributed by atoms with Gasteiger partial charge < -0.3 is 14.2 Å². The lowest BCUT2D eigenvalue weighted by Gasteiger charge is -2.16. The molecule has 46 heavy (non-hydrogen) atoms. The molecule has 10 heteroatoms. The molecule has 0 amide bonds. The average Bonchev–Trinajstić information content (AvgIpc) is 3.82. The first-order chi connectivity index (χ1) is 22.2. The minimum absolute atomic E-state index is 0.0198. The van der Waals surface area contributed by atoms with Crippen LogP contribution in [0.5, 0.6) is 26.7 Å². The largest absolute Gasteiger partial charge is 0.451 e. The minimum Gasteiger partial charge on any atom is -0.451 e. The van der Waals surface area contributed by atoms with Crippen molar-refractivity contribution < 1.29 is 28.6 Å². The molecular formula is C36H29O6S4+. The Hall–Kier alpha value is -4.22. The van der Waals surface area contributed by atoms with Gasteiger partial charge in [-0.2, -0.15) is 0 Å². The summed E-state index contributed by atoms with van der Waals surface area (Å²) in [6, 6.07) is 27.0. The van der Waals surface area contributed by atoms with Crippen LogP contribution in [0.2, 0.25) is 0 Å². The summed E-state index contributed by atoms with van der Waals surface area (Å²) in [6.07, 6.45) is 5.70. The van der Waals surface area contributed by atoms with Crippen LogP contribution in [0.15, 0.2) is 118 Å². The summed E-state index contributed by atoms with van der Waals surface area (Å²) in [5.74, 6) is 2.33. The summed E-state index contributed by atoms with van der Waals surface area (Å²) in [6.45, 7) is 4.66. The molecule has 232 valence electrons. The molecule has 6 rings (SSSR count). The van der Waals surface area contributed by atoms with Crippen LogP contribution in [0.3, 0.4) is 0 Å².